The Hall–Kier alpha value is -2.27. The molecule has 5 nitrogen and oxygen atoms in total. The van der Waals surface area contributed by atoms with Crippen LogP contribution in [0.1, 0.15) is 41.4 Å². The van der Waals surface area contributed by atoms with E-state index in [0.29, 0.717) is 18.5 Å². The number of furan rings is 1. The highest BCUT2D eigenvalue weighted by atomic mass is 16.3. The predicted molar refractivity (Wildman–Crippen MR) is 107 cm³/mol. The van der Waals surface area contributed by atoms with Crippen molar-refractivity contribution >= 4 is 11.6 Å². The van der Waals surface area contributed by atoms with Crippen LogP contribution in [-0.4, -0.2) is 43.5 Å². The highest BCUT2D eigenvalue weighted by Crippen LogP contribution is 2.34. The van der Waals surface area contributed by atoms with E-state index in [0.717, 1.165) is 43.8 Å². The summed E-state index contributed by atoms with van der Waals surface area (Å²) in [5, 5.41) is 3.24. The van der Waals surface area contributed by atoms with E-state index in [-0.39, 0.29) is 5.91 Å². The van der Waals surface area contributed by atoms with Crippen molar-refractivity contribution in [3.8, 4) is 0 Å². The molecule has 1 N–H and O–H groups in total. The van der Waals surface area contributed by atoms with Crippen molar-refractivity contribution < 1.29 is 9.21 Å². The summed E-state index contributed by atoms with van der Waals surface area (Å²) in [5.41, 5.74) is 3.35. The van der Waals surface area contributed by atoms with Crippen LogP contribution in [0.2, 0.25) is 0 Å². The average molecular weight is 367 g/mol. The quantitative estimate of drug-likeness (QED) is 0.881. The first-order valence-electron chi connectivity index (χ1n) is 10.0. The van der Waals surface area contributed by atoms with Gasteiger partial charge in [-0.1, -0.05) is 18.2 Å². The number of piperidine rings is 1. The fraction of sp³-hybridized carbons (Fsp3) is 0.500. The number of fused-ring (bicyclic) bond motifs is 1. The second-order valence-corrected chi connectivity index (χ2v) is 7.88. The Labute approximate surface area is 161 Å². The smallest absolute Gasteiger partial charge is 0.257 e. The monoisotopic (exact) mass is 367 g/mol. The molecule has 1 fully saturated rings. The second kappa shape index (κ2) is 7.77. The van der Waals surface area contributed by atoms with Crippen LogP contribution in [0.4, 0.5) is 5.69 Å². The molecular weight excluding hydrogens is 338 g/mol. The molecule has 2 aliphatic heterocycles. The van der Waals surface area contributed by atoms with Crippen LogP contribution >= 0.6 is 0 Å². The number of benzene rings is 1. The van der Waals surface area contributed by atoms with E-state index < -0.39 is 0 Å². The van der Waals surface area contributed by atoms with Gasteiger partial charge in [-0.25, -0.2) is 0 Å². The lowest BCUT2D eigenvalue weighted by atomic mass is 9.97. The Bertz CT molecular complexity index is 798. The molecule has 0 spiro atoms. The van der Waals surface area contributed by atoms with E-state index in [1.165, 1.54) is 17.7 Å². The van der Waals surface area contributed by atoms with E-state index in [9.17, 15) is 4.79 Å². The number of hydrogen-bond donors (Lipinski definition) is 1. The molecule has 1 aromatic heterocycles. The number of rotatable bonds is 5. The Balaban J connectivity index is 1.51. The molecule has 4 rings (SSSR count). The Morgan fingerprint density at radius 1 is 1.30 bits per heavy atom. The number of anilines is 1. The third-order valence-corrected chi connectivity index (χ3v) is 5.94. The van der Waals surface area contributed by atoms with Crippen LogP contribution in [0.15, 0.2) is 41.0 Å². The van der Waals surface area contributed by atoms with E-state index in [4.69, 9.17) is 4.42 Å². The minimum Gasteiger partial charge on any atom is -0.467 e. The number of para-hydroxylation sites is 1. The fourth-order valence-corrected chi connectivity index (χ4v) is 4.55. The lowest BCUT2D eigenvalue weighted by Gasteiger charge is -2.33. The number of carbonyl (C=O) groups excluding carboxylic acids is 1. The third-order valence-electron chi connectivity index (χ3n) is 5.94. The maximum absolute atomic E-state index is 13.2. The minimum atomic E-state index is 0.111. The molecule has 0 bridgehead atoms. The molecule has 0 aliphatic carbocycles. The van der Waals surface area contributed by atoms with Gasteiger partial charge in [-0.15, -0.1) is 0 Å². The van der Waals surface area contributed by atoms with Crippen molar-refractivity contribution in [1.82, 2.24) is 10.2 Å². The van der Waals surface area contributed by atoms with Gasteiger partial charge in [-0.3, -0.25) is 4.79 Å². The number of nitrogens with zero attached hydrogens (tertiary/aromatic N) is 2. The lowest BCUT2D eigenvalue weighted by Crippen LogP contribution is -2.42. The molecule has 5 heteroatoms. The second-order valence-electron chi connectivity index (χ2n) is 7.88. The van der Waals surface area contributed by atoms with Gasteiger partial charge in [0.05, 0.1) is 18.4 Å². The predicted octanol–water partition coefficient (Wildman–Crippen LogP) is 3.30. The van der Waals surface area contributed by atoms with E-state index in [1.54, 1.807) is 6.26 Å². The SMILES string of the molecule is CNCC1CCCN(C(=O)c2ccoc2CN2c3ccccc3CC2C)C1. The largest absolute Gasteiger partial charge is 0.467 e. The molecule has 2 aliphatic rings. The number of amides is 1. The number of hydrogen-bond acceptors (Lipinski definition) is 4. The van der Waals surface area contributed by atoms with Crippen LogP contribution in [0.25, 0.3) is 0 Å². The third kappa shape index (κ3) is 3.61. The zero-order valence-electron chi connectivity index (χ0n) is 16.3. The molecule has 0 saturated carbocycles. The zero-order valence-corrected chi connectivity index (χ0v) is 16.3. The summed E-state index contributed by atoms with van der Waals surface area (Å²) >= 11 is 0. The van der Waals surface area contributed by atoms with Crippen LogP contribution in [-0.2, 0) is 13.0 Å². The standard InChI is InChI=1S/C22H29N3O2/c1-16-12-18-7-3-4-8-20(18)25(16)15-21-19(9-11-27-21)22(26)24-10-5-6-17(14-24)13-23-2/h3-4,7-9,11,16-17,23H,5-6,10,12-15H2,1-2H3. The summed E-state index contributed by atoms with van der Waals surface area (Å²) in [4.78, 5) is 17.5. The van der Waals surface area contributed by atoms with Gasteiger partial charge in [0, 0.05) is 24.8 Å². The van der Waals surface area contributed by atoms with Crippen molar-refractivity contribution in [2.45, 2.75) is 38.8 Å². The average Bonchev–Trinajstić information content (AvgIpc) is 3.27. The molecule has 2 unspecified atom stereocenters. The maximum Gasteiger partial charge on any atom is 0.257 e. The molecule has 144 valence electrons. The first-order chi connectivity index (χ1) is 13.2. The van der Waals surface area contributed by atoms with Crippen molar-refractivity contribution in [2.75, 3.05) is 31.6 Å². The lowest BCUT2D eigenvalue weighted by molar-refractivity contribution is 0.0672. The highest BCUT2D eigenvalue weighted by Gasteiger charge is 2.30. The van der Waals surface area contributed by atoms with Crippen LogP contribution < -0.4 is 10.2 Å². The summed E-state index contributed by atoms with van der Waals surface area (Å²) < 4.78 is 5.77. The van der Waals surface area contributed by atoms with E-state index in [2.05, 4.69) is 41.4 Å². The molecule has 1 aromatic carbocycles. The molecular formula is C22H29N3O2. The topological polar surface area (TPSA) is 48.7 Å². The Kier molecular flexibility index (Phi) is 5.21. The molecule has 3 heterocycles. The van der Waals surface area contributed by atoms with Gasteiger partial charge in [0.2, 0.25) is 0 Å². The van der Waals surface area contributed by atoms with Gasteiger partial charge in [0.25, 0.3) is 5.91 Å². The first-order valence-corrected chi connectivity index (χ1v) is 10.0. The van der Waals surface area contributed by atoms with Crippen molar-refractivity contribution in [2.24, 2.45) is 5.92 Å². The summed E-state index contributed by atoms with van der Waals surface area (Å²) in [6.07, 6.45) is 4.95. The van der Waals surface area contributed by atoms with Gasteiger partial charge in [0.15, 0.2) is 0 Å². The normalized spacial score (nSPS) is 22.1. The van der Waals surface area contributed by atoms with Crippen molar-refractivity contribution in [3.63, 3.8) is 0 Å². The fourth-order valence-electron chi connectivity index (χ4n) is 4.55. The van der Waals surface area contributed by atoms with Crippen molar-refractivity contribution in [1.29, 1.82) is 0 Å². The number of nitrogens with one attached hydrogen (secondary N) is 1. The number of carbonyl (C=O) groups is 1. The van der Waals surface area contributed by atoms with Gasteiger partial charge >= 0.3 is 0 Å². The minimum absolute atomic E-state index is 0.111. The van der Waals surface area contributed by atoms with Gasteiger partial charge < -0.3 is 19.5 Å². The van der Waals surface area contributed by atoms with Crippen LogP contribution in [0.5, 0.6) is 0 Å². The Morgan fingerprint density at radius 3 is 3.00 bits per heavy atom. The summed E-state index contributed by atoms with van der Waals surface area (Å²) in [6.45, 7) is 5.50. The van der Waals surface area contributed by atoms with Crippen LogP contribution in [0.3, 0.4) is 0 Å². The molecule has 1 amide bonds. The van der Waals surface area contributed by atoms with Gasteiger partial charge in [0.1, 0.15) is 5.76 Å². The first kappa shape index (κ1) is 18.1. The summed E-state index contributed by atoms with van der Waals surface area (Å²) in [5.74, 6) is 1.42. The molecule has 27 heavy (non-hydrogen) atoms. The maximum atomic E-state index is 13.2. The molecule has 0 radical (unpaired) electrons. The molecule has 2 aromatic rings. The van der Waals surface area contributed by atoms with Crippen LogP contribution in [0, 0.1) is 5.92 Å². The van der Waals surface area contributed by atoms with Gasteiger partial charge in [-0.2, -0.15) is 0 Å². The molecule has 2 atom stereocenters. The van der Waals surface area contributed by atoms with E-state index in [1.807, 2.05) is 18.0 Å². The summed E-state index contributed by atoms with van der Waals surface area (Å²) in [6, 6.07) is 10.8. The van der Waals surface area contributed by atoms with E-state index >= 15 is 0 Å². The Morgan fingerprint density at radius 2 is 2.15 bits per heavy atom. The molecule has 1 saturated heterocycles. The number of likely N-dealkylation sites (tertiary alicyclic amines) is 1. The summed E-state index contributed by atoms with van der Waals surface area (Å²) in [7, 11) is 1.98. The van der Waals surface area contributed by atoms with Crippen molar-refractivity contribution in [3.05, 3.63) is 53.5 Å². The zero-order chi connectivity index (χ0) is 18.8. The van der Waals surface area contributed by atoms with Gasteiger partial charge in [-0.05, 0) is 63.4 Å². The highest BCUT2D eigenvalue weighted by molar-refractivity contribution is 5.95.